The number of piperazine rings is 1. The number of carbonyl (C=O) groups excluding carboxylic acids is 3. The maximum Gasteiger partial charge on any atom is 0.268 e. The van der Waals surface area contributed by atoms with Crippen LogP contribution in [0.15, 0.2) is 121 Å². The van der Waals surface area contributed by atoms with Crippen LogP contribution in [-0.4, -0.2) is 91.9 Å². The summed E-state index contributed by atoms with van der Waals surface area (Å²) in [5.41, 5.74) is 3.43. The number of aryl methyl sites for hydroxylation is 2. The highest BCUT2D eigenvalue weighted by Crippen LogP contribution is 2.32. The van der Waals surface area contributed by atoms with Gasteiger partial charge in [-0.15, -0.1) is 6.58 Å². The van der Waals surface area contributed by atoms with Gasteiger partial charge < -0.3 is 14.9 Å². The lowest BCUT2D eigenvalue weighted by Crippen LogP contribution is -2.75. The molecule has 2 fully saturated rings. The third-order valence-electron chi connectivity index (χ3n) is 9.81. The zero-order chi connectivity index (χ0) is 37.3. The molecule has 2 aliphatic heterocycles. The lowest BCUT2D eigenvalue weighted by Gasteiger charge is -2.55. The molecular formula is C40H40N6O6S. The van der Waals surface area contributed by atoms with Gasteiger partial charge in [-0.25, -0.2) is 22.4 Å². The number of hydrogen-bond acceptors (Lipinski definition) is 8. The Kier molecular flexibility index (Phi) is 9.86. The predicted octanol–water partition coefficient (Wildman–Crippen LogP) is 4.27. The standard InChI is InChI=1S/C40H40N6O6S/c1-3-22-43-27-38(49)45-35(24-29-12-15-33(47)16-13-29)40(50)42(26-36(45)46(43)37(48)19-14-32-9-4-5-21-41-32)25-31-8-6-7-30-20-23-44(39(30)31)53(51,52)34-17-10-28(2)11-18-34/h3-13,15-18,20-21,23,35-36,47H,1,14,19,22,24-27H2,2H3/t35-,36-/m0/s1. The number of aromatic hydroxyl groups is 1. The number of rotatable bonds is 11. The van der Waals surface area contributed by atoms with Crippen molar-refractivity contribution in [3.05, 3.63) is 138 Å². The van der Waals surface area contributed by atoms with E-state index in [-0.39, 0.29) is 67.4 Å². The first-order chi connectivity index (χ1) is 25.5. The molecule has 53 heavy (non-hydrogen) atoms. The van der Waals surface area contributed by atoms with Gasteiger partial charge in [-0.05, 0) is 66.9 Å². The summed E-state index contributed by atoms with van der Waals surface area (Å²) in [6, 6.07) is 24.8. The normalized spacial score (nSPS) is 18.0. The van der Waals surface area contributed by atoms with Crippen molar-refractivity contribution in [1.82, 2.24) is 28.8 Å². The van der Waals surface area contributed by atoms with Crippen LogP contribution in [0.5, 0.6) is 5.75 Å². The van der Waals surface area contributed by atoms with Crippen LogP contribution in [0.3, 0.4) is 0 Å². The predicted molar refractivity (Wildman–Crippen MR) is 199 cm³/mol. The summed E-state index contributed by atoms with van der Waals surface area (Å²) in [5, 5.41) is 13.9. The number of nitrogens with zero attached hydrogens (tertiary/aromatic N) is 6. The fourth-order valence-corrected chi connectivity index (χ4v) is 8.64. The first-order valence-corrected chi connectivity index (χ1v) is 18.9. The maximum atomic E-state index is 14.6. The molecular weight excluding hydrogens is 693 g/mol. The molecule has 0 bridgehead atoms. The summed E-state index contributed by atoms with van der Waals surface area (Å²) in [6.07, 6.45) is 4.60. The number of hydrogen-bond donors (Lipinski definition) is 1. The first-order valence-electron chi connectivity index (χ1n) is 17.4. The van der Waals surface area contributed by atoms with Crippen molar-refractivity contribution in [2.75, 3.05) is 19.6 Å². The Labute approximate surface area is 308 Å². The van der Waals surface area contributed by atoms with Crippen molar-refractivity contribution < 1.29 is 27.9 Å². The molecule has 12 nitrogen and oxygen atoms in total. The largest absolute Gasteiger partial charge is 0.508 e. The lowest BCUT2D eigenvalue weighted by atomic mass is 9.98. The summed E-state index contributed by atoms with van der Waals surface area (Å²) in [6.45, 7) is 5.86. The number of aromatic nitrogens is 2. The monoisotopic (exact) mass is 732 g/mol. The highest BCUT2D eigenvalue weighted by molar-refractivity contribution is 7.90. The number of amides is 3. The molecule has 1 N–H and O–H groups in total. The molecule has 0 radical (unpaired) electrons. The van der Waals surface area contributed by atoms with E-state index in [0.717, 1.165) is 16.8 Å². The van der Waals surface area contributed by atoms with Crippen LogP contribution in [0.4, 0.5) is 0 Å². The minimum absolute atomic E-state index is 0.0125. The number of pyridine rings is 1. The van der Waals surface area contributed by atoms with Gasteiger partial charge in [0.1, 0.15) is 18.0 Å². The van der Waals surface area contributed by atoms with Crippen molar-refractivity contribution in [2.45, 2.75) is 49.8 Å². The molecule has 0 spiro atoms. The quantitative estimate of drug-likeness (QED) is 0.199. The SMILES string of the molecule is C=CCN1CC(=O)N2[C@@H](Cc3ccc(O)cc3)C(=O)N(Cc3cccc4ccn(S(=O)(=O)c5ccc(C)cc5)c34)C[C@@H]2N1C(=O)CCc1ccccn1. The second-order valence-corrected chi connectivity index (χ2v) is 15.2. The van der Waals surface area contributed by atoms with E-state index in [9.17, 15) is 27.9 Å². The van der Waals surface area contributed by atoms with Gasteiger partial charge in [-0.1, -0.05) is 60.2 Å². The van der Waals surface area contributed by atoms with Gasteiger partial charge in [0.25, 0.3) is 10.0 Å². The number of carbonyl (C=O) groups is 3. The second kappa shape index (κ2) is 14.7. The van der Waals surface area contributed by atoms with E-state index in [4.69, 9.17) is 0 Å². The third kappa shape index (κ3) is 7.05. The van der Waals surface area contributed by atoms with Crippen LogP contribution in [-0.2, 0) is 43.8 Å². The first kappa shape index (κ1) is 35.6. The molecule has 272 valence electrons. The summed E-state index contributed by atoms with van der Waals surface area (Å²) >= 11 is 0. The molecule has 2 atom stereocenters. The van der Waals surface area contributed by atoms with Gasteiger partial charge >= 0.3 is 0 Å². The molecule has 2 aromatic heterocycles. The topological polar surface area (TPSA) is 136 Å². The lowest BCUT2D eigenvalue weighted by molar-refractivity contribution is -0.205. The Bertz CT molecular complexity index is 2270. The zero-order valence-corrected chi connectivity index (χ0v) is 30.1. The van der Waals surface area contributed by atoms with Gasteiger partial charge in [0.05, 0.1) is 23.5 Å². The van der Waals surface area contributed by atoms with Crippen molar-refractivity contribution in [3.63, 3.8) is 0 Å². The average molecular weight is 733 g/mol. The average Bonchev–Trinajstić information content (AvgIpc) is 3.60. The molecule has 0 aliphatic carbocycles. The molecule has 3 aromatic carbocycles. The van der Waals surface area contributed by atoms with E-state index in [1.54, 1.807) is 75.7 Å². The van der Waals surface area contributed by atoms with Gasteiger partial charge in [0, 0.05) is 49.4 Å². The Morgan fingerprint density at radius 2 is 1.75 bits per heavy atom. The van der Waals surface area contributed by atoms with Crippen LogP contribution in [0, 0.1) is 6.92 Å². The minimum Gasteiger partial charge on any atom is -0.508 e. The highest BCUT2D eigenvalue weighted by Gasteiger charge is 2.51. The minimum atomic E-state index is -3.99. The molecule has 3 amide bonds. The van der Waals surface area contributed by atoms with Crippen molar-refractivity contribution >= 4 is 38.6 Å². The van der Waals surface area contributed by atoms with Crippen molar-refractivity contribution in [1.29, 1.82) is 0 Å². The van der Waals surface area contributed by atoms with Gasteiger partial charge in [-0.2, -0.15) is 0 Å². The van der Waals surface area contributed by atoms with E-state index >= 15 is 0 Å². The van der Waals surface area contributed by atoms with Gasteiger partial charge in [-0.3, -0.25) is 19.4 Å². The molecule has 0 unspecified atom stereocenters. The third-order valence-corrected chi connectivity index (χ3v) is 11.5. The Balaban J connectivity index is 1.28. The van der Waals surface area contributed by atoms with E-state index in [0.29, 0.717) is 22.9 Å². The van der Waals surface area contributed by atoms with Crippen LogP contribution < -0.4 is 0 Å². The van der Waals surface area contributed by atoms with Gasteiger partial charge in [0.2, 0.25) is 17.7 Å². The molecule has 13 heteroatoms. The van der Waals surface area contributed by atoms with Crippen LogP contribution in [0.2, 0.25) is 0 Å². The van der Waals surface area contributed by atoms with Crippen LogP contribution >= 0.6 is 0 Å². The zero-order valence-electron chi connectivity index (χ0n) is 29.3. The number of fused-ring (bicyclic) bond motifs is 2. The molecule has 2 aliphatic rings. The molecule has 2 saturated heterocycles. The smallest absolute Gasteiger partial charge is 0.268 e. The number of phenolic OH excluding ortho intramolecular Hbond substituents is 1. The number of phenols is 1. The Morgan fingerprint density at radius 1 is 0.981 bits per heavy atom. The van der Waals surface area contributed by atoms with Crippen LogP contribution in [0.25, 0.3) is 10.9 Å². The number of hydrazine groups is 1. The second-order valence-electron chi connectivity index (χ2n) is 13.4. The molecule has 4 heterocycles. The van der Waals surface area contributed by atoms with Crippen molar-refractivity contribution in [3.8, 4) is 5.75 Å². The molecule has 0 saturated carbocycles. The van der Waals surface area contributed by atoms with E-state index < -0.39 is 22.2 Å². The number of para-hydroxylation sites is 1. The Morgan fingerprint density at radius 3 is 2.47 bits per heavy atom. The number of benzene rings is 3. The van der Waals surface area contributed by atoms with E-state index in [2.05, 4.69) is 11.6 Å². The fourth-order valence-electron chi connectivity index (χ4n) is 7.25. The van der Waals surface area contributed by atoms with E-state index in [1.165, 1.54) is 27.2 Å². The maximum absolute atomic E-state index is 14.6. The summed E-state index contributed by atoms with van der Waals surface area (Å²) < 4.78 is 29.2. The summed E-state index contributed by atoms with van der Waals surface area (Å²) in [4.78, 5) is 50.5. The molecule has 5 aromatic rings. The Hall–Kier alpha value is -5.79. The fraction of sp³-hybridized carbons (Fsp3) is 0.250. The van der Waals surface area contributed by atoms with E-state index in [1.807, 2.05) is 37.3 Å². The summed E-state index contributed by atoms with van der Waals surface area (Å²) in [5.74, 6) is -0.809. The van der Waals surface area contributed by atoms with Crippen LogP contribution in [0.1, 0.15) is 28.8 Å². The molecule has 7 rings (SSSR count). The van der Waals surface area contributed by atoms with Crippen molar-refractivity contribution in [2.24, 2.45) is 0 Å². The summed E-state index contributed by atoms with van der Waals surface area (Å²) in [7, 11) is -3.99. The van der Waals surface area contributed by atoms with Gasteiger partial charge in [0.15, 0.2) is 0 Å². The highest BCUT2D eigenvalue weighted by atomic mass is 32.2.